The lowest BCUT2D eigenvalue weighted by Gasteiger charge is -2.58. The van der Waals surface area contributed by atoms with Crippen molar-refractivity contribution in [3.05, 3.63) is 12.7 Å². The topological polar surface area (TPSA) is 106 Å². The quantitative estimate of drug-likeness (QED) is 0.188. The minimum atomic E-state index is -2.08. The van der Waals surface area contributed by atoms with Crippen LogP contribution in [0.5, 0.6) is 0 Å². The molecule has 0 aliphatic carbocycles. The Morgan fingerprint density at radius 2 is 1.25 bits per heavy atom. The van der Waals surface area contributed by atoms with Crippen LogP contribution < -0.4 is 11.5 Å². The third-order valence-corrected chi connectivity index (χ3v) is 12.5. The minimum absolute atomic E-state index is 0.481. The van der Waals surface area contributed by atoms with Gasteiger partial charge in [0.1, 0.15) is 8.07 Å². The van der Waals surface area contributed by atoms with Crippen molar-refractivity contribution in [2.75, 3.05) is 6.54 Å². The molecule has 0 aliphatic rings. The summed E-state index contributed by atoms with van der Waals surface area (Å²) >= 11 is 0. The number of nitrogens with two attached hydrogens (primary N) is 2. The number of carbonyl (C=O) groups excluding carboxylic acids is 1. The summed E-state index contributed by atoms with van der Waals surface area (Å²) in [6.07, 6.45) is 2.80. The van der Waals surface area contributed by atoms with Gasteiger partial charge >= 0.3 is 0 Å². The van der Waals surface area contributed by atoms with Crippen molar-refractivity contribution in [3.63, 3.8) is 0 Å². The average molecular weight is 541 g/mol. The summed E-state index contributed by atoms with van der Waals surface area (Å²) in [5.41, 5.74) is 9.68. The standard InChI is InChI=1S/C17H47NO4Si5.C3H5NO/c1-12-16(19-23(2)3,20-24(4)5)17(21-25(6)7,22-26(8)9)27(10,11)15-13-14-18;1-2-3(4)5/h23-26H,12-15,18H2,1-11H3;2H,1H2,(H2,4,5). The Morgan fingerprint density at radius 1 is 0.906 bits per heavy atom. The van der Waals surface area contributed by atoms with Gasteiger partial charge in [-0.2, -0.15) is 0 Å². The molecule has 7 nitrogen and oxygen atoms in total. The molecule has 0 rings (SSSR count). The lowest BCUT2D eigenvalue weighted by molar-refractivity contribution is -0.278. The van der Waals surface area contributed by atoms with E-state index in [0.717, 1.165) is 25.0 Å². The van der Waals surface area contributed by atoms with E-state index in [9.17, 15) is 4.79 Å². The van der Waals surface area contributed by atoms with Gasteiger partial charge in [-0.15, -0.1) is 0 Å². The van der Waals surface area contributed by atoms with Crippen LogP contribution >= 0.6 is 0 Å². The molecular weight excluding hydrogens is 489 g/mol. The van der Waals surface area contributed by atoms with Gasteiger partial charge in [-0.3, -0.25) is 4.79 Å². The summed E-state index contributed by atoms with van der Waals surface area (Å²) in [5, 5.41) is 0. The van der Waals surface area contributed by atoms with Crippen LogP contribution in [0.25, 0.3) is 0 Å². The Labute approximate surface area is 205 Å². The van der Waals surface area contributed by atoms with E-state index in [2.05, 4.69) is 84.7 Å². The van der Waals surface area contributed by atoms with Gasteiger partial charge in [0.15, 0.2) is 47.4 Å². The van der Waals surface area contributed by atoms with Crippen molar-refractivity contribution >= 4 is 50.1 Å². The first kappa shape index (κ1) is 34.3. The molecule has 0 bridgehead atoms. The van der Waals surface area contributed by atoms with Crippen molar-refractivity contribution in [3.8, 4) is 0 Å². The van der Waals surface area contributed by atoms with E-state index in [4.69, 9.17) is 23.4 Å². The summed E-state index contributed by atoms with van der Waals surface area (Å²) < 4.78 is 27.4. The molecule has 32 heavy (non-hydrogen) atoms. The van der Waals surface area contributed by atoms with Crippen LogP contribution in [0.4, 0.5) is 0 Å². The Hall–Kier alpha value is 0.0944. The molecule has 0 aliphatic heterocycles. The van der Waals surface area contributed by atoms with E-state index >= 15 is 0 Å². The van der Waals surface area contributed by atoms with Crippen LogP contribution in [-0.2, 0) is 22.5 Å². The van der Waals surface area contributed by atoms with Gasteiger partial charge in [-0.25, -0.2) is 0 Å². The second-order valence-corrected chi connectivity index (χ2v) is 24.0. The molecule has 12 heteroatoms. The zero-order valence-corrected chi connectivity index (χ0v) is 28.2. The predicted octanol–water partition coefficient (Wildman–Crippen LogP) is 3.04. The van der Waals surface area contributed by atoms with E-state index in [1.54, 1.807) is 0 Å². The van der Waals surface area contributed by atoms with Crippen LogP contribution in [0.15, 0.2) is 12.7 Å². The van der Waals surface area contributed by atoms with Crippen LogP contribution in [-0.4, -0.2) is 67.9 Å². The highest BCUT2D eigenvalue weighted by Gasteiger charge is 2.64. The Kier molecular flexibility index (Phi) is 17.0. The smallest absolute Gasteiger partial charge is 0.240 e. The summed E-state index contributed by atoms with van der Waals surface area (Å²) in [6, 6.07) is 1.06. The second kappa shape index (κ2) is 15.9. The molecule has 0 saturated carbocycles. The number of hydrogen-bond acceptors (Lipinski definition) is 6. The summed E-state index contributed by atoms with van der Waals surface area (Å²) in [7, 11) is -7.71. The van der Waals surface area contributed by atoms with E-state index in [-0.39, 0.29) is 0 Å². The first-order valence-corrected chi connectivity index (χ1v) is 26.2. The van der Waals surface area contributed by atoms with Gasteiger partial charge < -0.3 is 29.2 Å². The van der Waals surface area contributed by atoms with E-state index in [1.807, 2.05) is 0 Å². The number of amides is 1. The molecule has 1 amide bonds. The van der Waals surface area contributed by atoms with Gasteiger partial charge in [-0.05, 0) is 71.4 Å². The lowest BCUT2D eigenvalue weighted by Crippen LogP contribution is -2.75. The number of hydrogen-bond donors (Lipinski definition) is 2. The molecule has 0 spiro atoms. The van der Waals surface area contributed by atoms with Crippen molar-refractivity contribution in [2.45, 2.75) is 102 Å². The predicted molar refractivity (Wildman–Crippen MR) is 151 cm³/mol. The van der Waals surface area contributed by atoms with E-state index < -0.39 is 61.3 Å². The molecule has 192 valence electrons. The average Bonchev–Trinajstić information content (AvgIpc) is 2.63. The van der Waals surface area contributed by atoms with Crippen molar-refractivity contribution in [2.24, 2.45) is 11.5 Å². The van der Waals surface area contributed by atoms with Crippen LogP contribution in [0.2, 0.25) is 71.5 Å². The van der Waals surface area contributed by atoms with Gasteiger partial charge in [0.05, 0.1) is 0 Å². The monoisotopic (exact) mass is 540 g/mol. The van der Waals surface area contributed by atoms with Gasteiger partial charge in [0.25, 0.3) is 0 Å². The van der Waals surface area contributed by atoms with Crippen LogP contribution in [0, 0.1) is 0 Å². The maximum absolute atomic E-state index is 9.47. The molecule has 0 heterocycles. The van der Waals surface area contributed by atoms with Gasteiger partial charge in [0, 0.05) is 6.42 Å². The number of carbonyl (C=O) groups is 1. The summed E-state index contributed by atoms with van der Waals surface area (Å²) in [4.78, 5) is 9.47. The molecule has 0 aromatic heterocycles. The van der Waals surface area contributed by atoms with E-state index in [0.29, 0.717) is 6.54 Å². The fraction of sp³-hybridized carbons (Fsp3) is 0.850. The zero-order chi connectivity index (χ0) is 25.8. The summed E-state index contributed by atoms with van der Waals surface area (Å²) in [5.74, 6) is -1.27. The van der Waals surface area contributed by atoms with Crippen molar-refractivity contribution < 1.29 is 22.5 Å². The van der Waals surface area contributed by atoms with Gasteiger partial charge in [0.2, 0.25) is 5.91 Å². The van der Waals surface area contributed by atoms with Crippen molar-refractivity contribution in [1.29, 1.82) is 0 Å². The Morgan fingerprint density at radius 3 is 1.47 bits per heavy atom. The highest BCUT2D eigenvalue weighted by atomic mass is 28.3. The number of primary amides is 1. The maximum atomic E-state index is 9.47. The molecule has 0 unspecified atom stereocenters. The largest absolute Gasteiger partial charge is 0.394 e. The molecule has 0 aromatic carbocycles. The molecule has 0 aromatic rings. The van der Waals surface area contributed by atoms with Crippen molar-refractivity contribution in [1.82, 2.24) is 0 Å². The molecule has 4 N–H and O–H groups in total. The Balaban J connectivity index is 0. The van der Waals surface area contributed by atoms with Crippen LogP contribution in [0.3, 0.4) is 0 Å². The van der Waals surface area contributed by atoms with Gasteiger partial charge in [-0.1, -0.05) is 32.6 Å². The maximum Gasteiger partial charge on any atom is 0.240 e. The molecule has 0 fully saturated rings. The molecule has 0 atom stereocenters. The van der Waals surface area contributed by atoms with E-state index in [1.165, 1.54) is 0 Å². The second-order valence-electron chi connectivity index (χ2n) is 9.77. The SMILES string of the molecule is C=CC(N)=O.CCC(O[SiH](C)C)(O[SiH](C)C)C(O[SiH](C)C)(O[SiH](C)C)[Si](C)(C)CCCN. The highest BCUT2D eigenvalue weighted by Crippen LogP contribution is 2.46. The molecule has 0 saturated heterocycles. The van der Waals surface area contributed by atoms with Crippen LogP contribution in [0.1, 0.15) is 19.8 Å². The first-order valence-electron chi connectivity index (χ1n) is 11.9. The summed E-state index contributed by atoms with van der Waals surface area (Å²) in [6.45, 7) is 28.5. The highest BCUT2D eigenvalue weighted by molar-refractivity contribution is 6.81. The third kappa shape index (κ3) is 11.0. The fourth-order valence-electron chi connectivity index (χ4n) is 3.76. The normalized spacial score (nSPS) is 13.0. The number of rotatable bonds is 15. The first-order chi connectivity index (χ1) is 14.6. The fourth-order valence-corrected chi connectivity index (χ4v) is 15.0. The molecule has 0 radical (unpaired) electrons. The third-order valence-electron chi connectivity index (χ3n) is 4.72. The lowest BCUT2D eigenvalue weighted by atomic mass is 10.2. The Bertz CT molecular complexity index is 528. The molecular formula is C20H52N2O5Si5. The minimum Gasteiger partial charge on any atom is -0.394 e. The zero-order valence-electron chi connectivity index (χ0n) is 22.6.